The summed E-state index contributed by atoms with van der Waals surface area (Å²) in [5.74, 6) is -0.0480. The number of hydrogen-bond acceptors (Lipinski definition) is 4. The number of benzene rings is 1. The fourth-order valence-electron chi connectivity index (χ4n) is 1.56. The van der Waals surface area contributed by atoms with Crippen LogP contribution in [0.3, 0.4) is 0 Å². The number of aromatic nitrogens is 2. The third kappa shape index (κ3) is 2.82. The molecule has 8 heteroatoms. The highest BCUT2D eigenvalue weighted by molar-refractivity contribution is 7.92. The molecular formula is C11H13ClN4O2S. The van der Waals surface area contributed by atoms with Crippen molar-refractivity contribution in [3.8, 4) is 0 Å². The van der Waals surface area contributed by atoms with Crippen LogP contribution in [-0.2, 0) is 17.1 Å². The summed E-state index contributed by atoms with van der Waals surface area (Å²) >= 11 is 5.95. The first-order valence-corrected chi connectivity index (χ1v) is 7.24. The lowest BCUT2D eigenvalue weighted by atomic mass is 10.2. The van der Waals surface area contributed by atoms with Crippen LogP contribution in [0.1, 0.15) is 5.56 Å². The normalized spacial score (nSPS) is 11.5. The third-order valence-corrected chi connectivity index (χ3v) is 4.34. The second-order valence-electron chi connectivity index (χ2n) is 4.12. The highest BCUT2D eigenvalue weighted by Gasteiger charge is 2.20. The van der Waals surface area contributed by atoms with Crippen molar-refractivity contribution in [3.05, 3.63) is 35.0 Å². The second-order valence-corrected chi connectivity index (χ2v) is 6.18. The van der Waals surface area contributed by atoms with E-state index in [4.69, 9.17) is 17.3 Å². The van der Waals surface area contributed by atoms with Crippen LogP contribution in [0.5, 0.6) is 0 Å². The number of anilines is 2. The van der Waals surface area contributed by atoms with Gasteiger partial charge in [0.1, 0.15) is 4.90 Å². The molecule has 19 heavy (non-hydrogen) atoms. The Morgan fingerprint density at radius 1 is 1.42 bits per heavy atom. The zero-order valence-corrected chi connectivity index (χ0v) is 12.0. The van der Waals surface area contributed by atoms with Crippen molar-refractivity contribution < 1.29 is 8.42 Å². The molecule has 0 aliphatic heterocycles. The summed E-state index contributed by atoms with van der Waals surface area (Å²) in [5, 5.41) is 4.29. The molecule has 1 aromatic carbocycles. The Morgan fingerprint density at radius 2 is 2.11 bits per heavy atom. The van der Waals surface area contributed by atoms with Crippen LogP contribution < -0.4 is 10.5 Å². The van der Waals surface area contributed by atoms with Crippen LogP contribution in [0.4, 0.5) is 11.5 Å². The largest absolute Gasteiger partial charge is 0.381 e. The monoisotopic (exact) mass is 300 g/mol. The summed E-state index contributed by atoms with van der Waals surface area (Å²) in [6.07, 6.45) is 1.34. The lowest BCUT2D eigenvalue weighted by Crippen LogP contribution is -2.13. The molecule has 3 N–H and O–H groups in total. The van der Waals surface area contributed by atoms with Gasteiger partial charge in [0.05, 0.1) is 5.69 Å². The molecule has 0 radical (unpaired) electrons. The minimum absolute atomic E-state index is 0.0480. The van der Waals surface area contributed by atoms with Gasteiger partial charge in [-0.3, -0.25) is 9.40 Å². The van der Waals surface area contributed by atoms with Gasteiger partial charge < -0.3 is 5.73 Å². The van der Waals surface area contributed by atoms with Gasteiger partial charge in [-0.05, 0) is 24.6 Å². The van der Waals surface area contributed by atoms with Gasteiger partial charge >= 0.3 is 0 Å². The summed E-state index contributed by atoms with van der Waals surface area (Å²) in [5.41, 5.74) is 6.80. The molecule has 2 aromatic rings. The van der Waals surface area contributed by atoms with Crippen LogP contribution in [0.2, 0.25) is 5.02 Å². The molecule has 2 rings (SSSR count). The number of halogens is 1. The summed E-state index contributed by atoms with van der Waals surface area (Å²) in [6.45, 7) is 1.83. The molecule has 1 heterocycles. The van der Waals surface area contributed by atoms with Crippen LogP contribution in [0.25, 0.3) is 0 Å². The lowest BCUT2D eigenvalue weighted by molar-refractivity contribution is 0.601. The molecule has 0 unspecified atom stereocenters. The molecule has 0 bridgehead atoms. The molecule has 0 aliphatic rings. The van der Waals surface area contributed by atoms with Crippen LogP contribution >= 0.6 is 11.6 Å². The van der Waals surface area contributed by atoms with E-state index in [1.54, 1.807) is 25.2 Å². The van der Waals surface area contributed by atoms with Crippen molar-refractivity contribution in [2.75, 3.05) is 10.5 Å². The van der Waals surface area contributed by atoms with Crippen LogP contribution in [0, 0.1) is 6.92 Å². The van der Waals surface area contributed by atoms with Crippen molar-refractivity contribution in [2.24, 2.45) is 7.05 Å². The molecule has 0 atom stereocenters. The van der Waals surface area contributed by atoms with E-state index in [1.165, 1.54) is 10.9 Å². The van der Waals surface area contributed by atoms with Gasteiger partial charge in [0.15, 0.2) is 5.82 Å². The van der Waals surface area contributed by atoms with Crippen LogP contribution in [0.15, 0.2) is 29.3 Å². The zero-order valence-electron chi connectivity index (χ0n) is 10.4. The average molecular weight is 301 g/mol. The molecule has 6 nitrogen and oxygen atoms in total. The number of sulfonamides is 1. The predicted octanol–water partition coefficient (Wildman–Crippen LogP) is 1.76. The van der Waals surface area contributed by atoms with Gasteiger partial charge in [0, 0.05) is 18.3 Å². The fraction of sp³-hybridized carbons (Fsp3) is 0.182. The number of nitrogen functional groups attached to an aromatic ring is 1. The first kappa shape index (κ1) is 13.7. The maximum absolute atomic E-state index is 12.1. The van der Waals surface area contributed by atoms with E-state index in [2.05, 4.69) is 9.82 Å². The SMILES string of the molecule is Cc1ccc(NS(=O)(=O)c2cn(C)nc2N)cc1Cl. The molecule has 0 saturated carbocycles. The predicted molar refractivity (Wildman–Crippen MR) is 74.6 cm³/mol. The summed E-state index contributed by atoms with van der Waals surface area (Å²) in [4.78, 5) is -0.0632. The van der Waals surface area contributed by atoms with E-state index < -0.39 is 10.0 Å². The van der Waals surface area contributed by atoms with E-state index in [-0.39, 0.29) is 10.7 Å². The quantitative estimate of drug-likeness (QED) is 0.904. The first-order valence-electron chi connectivity index (χ1n) is 5.37. The van der Waals surface area contributed by atoms with Crippen molar-refractivity contribution >= 4 is 33.1 Å². The number of hydrogen-bond donors (Lipinski definition) is 2. The Labute approximate surface area is 116 Å². The van der Waals surface area contributed by atoms with E-state index in [0.29, 0.717) is 10.7 Å². The fourth-order valence-corrected chi connectivity index (χ4v) is 2.89. The summed E-state index contributed by atoms with van der Waals surface area (Å²) < 4.78 is 28.0. The molecule has 0 fully saturated rings. The number of rotatable bonds is 3. The third-order valence-electron chi connectivity index (χ3n) is 2.54. The van der Waals surface area contributed by atoms with Crippen molar-refractivity contribution in [1.82, 2.24) is 9.78 Å². The number of aryl methyl sites for hydroxylation is 2. The molecule has 0 amide bonds. The van der Waals surface area contributed by atoms with Gasteiger partial charge in [-0.25, -0.2) is 8.42 Å². The number of nitrogens with one attached hydrogen (secondary N) is 1. The van der Waals surface area contributed by atoms with E-state index in [0.717, 1.165) is 5.56 Å². The van der Waals surface area contributed by atoms with Crippen LogP contribution in [-0.4, -0.2) is 18.2 Å². The highest BCUT2D eigenvalue weighted by atomic mass is 35.5. The molecule has 1 aromatic heterocycles. The standard InChI is InChI=1S/C11H13ClN4O2S/c1-7-3-4-8(5-9(7)12)15-19(17,18)10-6-16(2)14-11(10)13/h3-6,15H,1-2H3,(H2,13,14). The van der Waals surface area contributed by atoms with E-state index in [1.807, 2.05) is 6.92 Å². The Bertz CT molecular complexity index is 724. The average Bonchev–Trinajstić information content (AvgIpc) is 2.63. The van der Waals surface area contributed by atoms with Gasteiger partial charge in [-0.15, -0.1) is 0 Å². The Morgan fingerprint density at radius 3 is 2.63 bits per heavy atom. The lowest BCUT2D eigenvalue weighted by Gasteiger charge is -2.08. The highest BCUT2D eigenvalue weighted by Crippen LogP contribution is 2.24. The summed E-state index contributed by atoms with van der Waals surface area (Å²) in [7, 11) is -2.17. The number of nitrogens with two attached hydrogens (primary N) is 1. The van der Waals surface area contributed by atoms with E-state index in [9.17, 15) is 8.42 Å². The topological polar surface area (TPSA) is 90.0 Å². The van der Waals surface area contributed by atoms with Crippen molar-refractivity contribution in [3.63, 3.8) is 0 Å². The van der Waals surface area contributed by atoms with Crippen molar-refractivity contribution in [2.45, 2.75) is 11.8 Å². The first-order chi connectivity index (χ1) is 8.79. The Hall–Kier alpha value is -1.73. The van der Waals surface area contributed by atoms with Gasteiger partial charge in [-0.1, -0.05) is 17.7 Å². The number of nitrogens with zero attached hydrogens (tertiary/aromatic N) is 2. The maximum Gasteiger partial charge on any atom is 0.267 e. The molecule has 0 aliphatic carbocycles. The minimum Gasteiger partial charge on any atom is -0.381 e. The second kappa shape index (κ2) is 4.75. The molecule has 0 spiro atoms. The minimum atomic E-state index is -3.77. The zero-order chi connectivity index (χ0) is 14.2. The molecule has 102 valence electrons. The van der Waals surface area contributed by atoms with Gasteiger partial charge in [0.2, 0.25) is 0 Å². The van der Waals surface area contributed by atoms with Gasteiger partial charge in [0.25, 0.3) is 10.0 Å². The summed E-state index contributed by atoms with van der Waals surface area (Å²) in [6, 6.07) is 4.90. The Kier molecular flexibility index (Phi) is 3.42. The maximum atomic E-state index is 12.1. The van der Waals surface area contributed by atoms with E-state index >= 15 is 0 Å². The smallest absolute Gasteiger partial charge is 0.267 e. The molecule has 0 saturated heterocycles. The van der Waals surface area contributed by atoms with Gasteiger partial charge in [-0.2, -0.15) is 5.10 Å². The van der Waals surface area contributed by atoms with Crippen molar-refractivity contribution in [1.29, 1.82) is 0 Å². The Balaban J connectivity index is 2.36. The molecular weight excluding hydrogens is 288 g/mol.